The van der Waals surface area contributed by atoms with E-state index in [2.05, 4.69) is 4.98 Å². The fourth-order valence-corrected chi connectivity index (χ4v) is 1.33. The first-order chi connectivity index (χ1) is 6.68. The van der Waals surface area contributed by atoms with Crippen LogP contribution in [0.2, 0.25) is 0 Å². The molecule has 0 spiro atoms. The van der Waals surface area contributed by atoms with Gasteiger partial charge >= 0.3 is 5.97 Å². The maximum absolute atomic E-state index is 10.7. The van der Waals surface area contributed by atoms with Crippen LogP contribution in [-0.2, 0) is 0 Å². The van der Waals surface area contributed by atoms with E-state index in [1.807, 2.05) is 6.07 Å². The Morgan fingerprint density at radius 3 is 2.93 bits per heavy atom. The number of nitrogens with zero attached hydrogens (tertiary/aromatic N) is 1. The highest BCUT2D eigenvalue weighted by Crippen LogP contribution is 2.20. The second-order valence-corrected chi connectivity index (χ2v) is 2.94. The Labute approximate surface area is 80.0 Å². The van der Waals surface area contributed by atoms with Crippen LogP contribution in [0.3, 0.4) is 0 Å². The van der Waals surface area contributed by atoms with Crippen LogP contribution in [0.4, 0.5) is 5.69 Å². The normalized spacial score (nSPS) is 10.3. The summed E-state index contributed by atoms with van der Waals surface area (Å²) in [6, 6.07) is 6.52. The fourth-order valence-electron chi connectivity index (χ4n) is 1.33. The van der Waals surface area contributed by atoms with Crippen molar-refractivity contribution in [3.05, 3.63) is 36.0 Å². The number of nitrogens with two attached hydrogens (primary N) is 1. The molecule has 0 unspecified atom stereocenters. The molecule has 2 rings (SSSR count). The molecule has 0 radical (unpaired) electrons. The van der Waals surface area contributed by atoms with Gasteiger partial charge in [-0.25, -0.2) is 4.79 Å². The smallest absolute Gasteiger partial charge is 0.335 e. The number of anilines is 1. The molecule has 0 atom stereocenters. The van der Waals surface area contributed by atoms with E-state index in [9.17, 15) is 4.79 Å². The van der Waals surface area contributed by atoms with Gasteiger partial charge in [-0.3, -0.25) is 4.98 Å². The molecule has 0 bridgehead atoms. The van der Waals surface area contributed by atoms with Crippen molar-refractivity contribution in [1.29, 1.82) is 0 Å². The summed E-state index contributed by atoms with van der Waals surface area (Å²) in [4.78, 5) is 14.8. The number of carboxylic acids is 1. The molecule has 3 N–H and O–H groups in total. The lowest BCUT2D eigenvalue weighted by atomic mass is 10.1. The Balaban J connectivity index is 2.78. The van der Waals surface area contributed by atoms with Crippen molar-refractivity contribution < 1.29 is 9.90 Å². The van der Waals surface area contributed by atoms with Gasteiger partial charge in [-0.05, 0) is 24.3 Å². The van der Waals surface area contributed by atoms with Gasteiger partial charge in [-0.15, -0.1) is 0 Å². The Morgan fingerprint density at radius 1 is 1.43 bits per heavy atom. The van der Waals surface area contributed by atoms with Crippen LogP contribution >= 0.6 is 0 Å². The number of aromatic nitrogens is 1. The summed E-state index contributed by atoms with van der Waals surface area (Å²) in [6.07, 6.45) is 1.60. The maximum Gasteiger partial charge on any atom is 0.335 e. The second kappa shape index (κ2) is 2.99. The molecular formula is C10H8N2O2. The highest BCUT2D eigenvalue weighted by atomic mass is 16.4. The SMILES string of the molecule is Nc1cc(C(=O)O)cc2ncccc12. The number of hydrogen-bond acceptors (Lipinski definition) is 3. The molecule has 1 heterocycles. The number of hydrogen-bond donors (Lipinski definition) is 2. The predicted octanol–water partition coefficient (Wildman–Crippen LogP) is 1.52. The number of benzene rings is 1. The Morgan fingerprint density at radius 2 is 2.21 bits per heavy atom. The summed E-state index contributed by atoms with van der Waals surface area (Å²) < 4.78 is 0. The molecule has 1 aromatic heterocycles. The van der Waals surface area contributed by atoms with Gasteiger partial charge in [0.15, 0.2) is 0 Å². The van der Waals surface area contributed by atoms with Gasteiger partial charge < -0.3 is 10.8 Å². The molecule has 1 aromatic carbocycles. The Hall–Kier alpha value is -2.10. The minimum absolute atomic E-state index is 0.161. The van der Waals surface area contributed by atoms with Gasteiger partial charge in [0.2, 0.25) is 0 Å². The fraction of sp³-hybridized carbons (Fsp3) is 0. The van der Waals surface area contributed by atoms with Gasteiger partial charge in [0.1, 0.15) is 0 Å². The molecule has 0 amide bonds. The van der Waals surface area contributed by atoms with Crippen LogP contribution in [-0.4, -0.2) is 16.1 Å². The van der Waals surface area contributed by atoms with Crippen LogP contribution in [0.15, 0.2) is 30.5 Å². The number of rotatable bonds is 1. The standard InChI is InChI=1S/C10H8N2O2/c11-8-4-6(10(13)14)5-9-7(8)2-1-3-12-9/h1-5H,11H2,(H,13,14). The first-order valence-electron chi connectivity index (χ1n) is 4.06. The van der Waals surface area contributed by atoms with E-state index in [0.717, 1.165) is 5.39 Å². The van der Waals surface area contributed by atoms with Crippen LogP contribution in [0, 0.1) is 0 Å². The molecule has 2 aromatic rings. The van der Waals surface area contributed by atoms with E-state index in [4.69, 9.17) is 10.8 Å². The summed E-state index contributed by atoms with van der Waals surface area (Å²) >= 11 is 0. The highest BCUT2D eigenvalue weighted by molar-refractivity contribution is 5.98. The van der Waals surface area contributed by atoms with E-state index in [1.165, 1.54) is 12.1 Å². The van der Waals surface area contributed by atoms with Crippen molar-refractivity contribution in [1.82, 2.24) is 4.98 Å². The van der Waals surface area contributed by atoms with E-state index < -0.39 is 5.97 Å². The molecule has 4 nitrogen and oxygen atoms in total. The maximum atomic E-state index is 10.7. The molecule has 0 aliphatic rings. The molecule has 0 fully saturated rings. The van der Waals surface area contributed by atoms with Crippen LogP contribution in [0.5, 0.6) is 0 Å². The van der Waals surface area contributed by atoms with Crippen LogP contribution in [0.1, 0.15) is 10.4 Å². The third kappa shape index (κ3) is 1.26. The molecule has 70 valence electrons. The Kier molecular flexibility index (Phi) is 1.81. The molecule has 4 heteroatoms. The molecule has 14 heavy (non-hydrogen) atoms. The lowest BCUT2D eigenvalue weighted by Gasteiger charge is -2.02. The van der Waals surface area contributed by atoms with Gasteiger partial charge in [-0.2, -0.15) is 0 Å². The van der Waals surface area contributed by atoms with E-state index >= 15 is 0 Å². The monoisotopic (exact) mass is 188 g/mol. The largest absolute Gasteiger partial charge is 0.478 e. The van der Waals surface area contributed by atoms with Crippen molar-refractivity contribution in [2.75, 3.05) is 5.73 Å². The average molecular weight is 188 g/mol. The topological polar surface area (TPSA) is 76.2 Å². The van der Waals surface area contributed by atoms with Crippen molar-refractivity contribution >= 4 is 22.6 Å². The highest BCUT2D eigenvalue weighted by Gasteiger charge is 2.06. The lowest BCUT2D eigenvalue weighted by Crippen LogP contribution is -1.99. The molecule has 0 aliphatic carbocycles. The zero-order valence-electron chi connectivity index (χ0n) is 7.27. The number of pyridine rings is 1. The zero-order valence-corrected chi connectivity index (χ0v) is 7.27. The molecule has 0 saturated carbocycles. The summed E-state index contributed by atoms with van der Waals surface area (Å²) in [6.45, 7) is 0. The molecule has 0 saturated heterocycles. The first-order valence-corrected chi connectivity index (χ1v) is 4.06. The number of aromatic carboxylic acids is 1. The first kappa shape index (κ1) is 8.50. The van der Waals surface area contributed by atoms with Crippen molar-refractivity contribution in [2.24, 2.45) is 0 Å². The molecule has 0 aliphatic heterocycles. The number of nitrogen functional groups attached to an aromatic ring is 1. The van der Waals surface area contributed by atoms with Crippen molar-refractivity contribution in [2.45, 2.75) is 0 Å². The van der Waals surface area contributed by atoms with Crippen LogP contribution < -0.4 is 5.73 Å². The van der Waals surface area contributed by atoms with Gasteiger partial charge in [-0.1, -0.05) is 0 Å². The van der Waals surface area contributed by atoms with Crippen molar-refractivity contribution in [3.63, 3.8) is 0 Å². The summed E-state index contributed by atoms with van der Waals surface area (Å²) in [5.41, 5.74) is 6.89. The average Bonchev–Trinajstić information content (AvgIpc) is 2.17. The summed E-state index contributed by atoms with van der Waals surface area (Å²) in [7, 11) is 0. The zero-order chi connectivity index (χ0) is 10.1. The molecular weight excluding hydrogens is 180 g/mol. The van der Waals surface area contributed by atoms with Crippen LogP contribution in [0.25, 0.3) is 10.9 Å². The second-order valence-electron chi connectivity index (χ2n) is 2.94. The van der Waals surface area contributed by atoms with E-state index in [0.29, 0.717) is 11.2 Å². The minimum atomic E-state index is -0.996. The minimum Gasteiger partial charge on any atom is -0.478 e. The van der Waals surface area contributed by atoms with Gasteiger partial charge in [0.25, 0.3) is 0 Å². The third-order valence-corrected chi connectivity index (χ3v) is 2.00. The predicted molar refractivity (Wildman–Crippen MR) is 53.1 cm³/mol. The van der Waals surface area contributed by atoms with E-state index in [-0.39, 0.29) is 5.56 Å². The van der Waals surface area contributed by atoms with Crippen molar-refractivity contribution in [3.8, 4) is 0 Å². The quantitative estimate of drug-likeness (QED) is 0.665. The number of carboxylic acid groups (broad SMARTS) is 1. The summed E-state index contributed by atoms with van der Waals surface area (Å²) in [5.74, 6) is -0.996. The summed E-state index contributed by atoms with van der Waals surface area (Å²) in [5, 5.41) is 9.56. The lowest BCUT2D eigenvalue weighted by molar-refractivity contribution is 0.0697. The van der Waals surface area contributed by atoms with Gasteiger partial charge in [0.05, 0.1) is 11.1 Å². The third-order valence-electron chi connectivity index (χ3n) is 2.00. The Bertz CT molecular complexity index is 508. The number of fused-ring (bicyclic) bond motifs is 1. The van der Waals surface area contributed by atoms with E-state index in [1.54, 1.807) is 12.3 Å². The number of carbonyl (C=O) groups is 1. The van der Waals surface area contributed by atoms with Gasteiger partial charge in [0, 0.05) is 17.3 Å².